The highest BCUT2D eigenvalue weighted by Gasteiger charge is 2.28. The van der Waals surface area contributed by atoms with E-state index in [4.69, 9.17) is 0 Å². The number of carbonyl (C=O) groups excluding carboxylic acids is 1. The van der Waals surface area contributed by atoms with Gasteiger partial charge in [-0.05, 0) is 56.2 Å². The van der Waals surface area contributed by atoms with Gasteiger partial charge in [0.15, 0.2) is 0 Å². The van der Waals surface area contributed by atoms with Gasteiger partial charge < -0.3 is 5.32 Å². The minimum Gasteiger partial charge on any atom is -0.344 e. The number of nitrogens with zero attached hydrogens (tertiary/aromatic N) is 1. The number of amides is 1. The zero-order valence-corrected chi connectivity index (χ0v) is 21.5. The van der Waals surface area contributed by atoms with Crippen LogP contribution < -0.4 is 9.62 Å². The highest BCUT2D eigenvalue weighted by molar-refractivity contribution is 7.92. The van der Waals surface area contributed by atoms with Crippen LogP contribution in [-0.4, -0.2) is 20.9 Å². The van der Waals surface area contributed by atoms with E-state index in [1.807, 2.05) is 87.5 Å². The van der Waals surface area contributed by atoms with Gasteiger partial charge in [-0.3, -0.25) is 9.10 Å². The third-order valence-corrected chi connectivity index (χ3v) is 7.86. The molecule has 5 nitrogen and oxygen atoms in total. The number of carbonyl (C=O) groups is 1. The maximum absolute atomic E-state index is 13.7. The van der Waals surface area contributed by atoms with Crippen molar-refractivity contribution in [2.24, 2.45) is 0 Å². The fraction of sp³-hybridized carbons (Fsp3) is 0.167. The van der Waals surface area contributed by atoms with Gasteiger partial charge in [-0.15, -0.1) is 0 Å². The van der Waals surface area contributed by atoms with Crippen molar-refractivity contribution in [3.63, 3.8) is 0 Å². The molecule has 36 heavy (non-hydrogen) atoms. The predicted molar refractivity (Wildman–Crippen MR) is 144 cm³/mol. The molecule has 0 bridgehead atoms. The van der Waals surface area contributed by atoms with E-state index in [2.05, 4.69) is 5.32 Å². The van der Waals surface area contributed by atoms with Crippen molar-refractivity contribution in [1.29, 1.82) is 0 Å². The van der Waals surface area contributed by atoms with E-state index in [1.165, 1.54) is 4.31 Å². The SMILES string of the molecule is Cc1ccc([C@@H](NC(=O)CN(c2ccc(C)cc2)S(=O)(=O)c2ccc(C)cc2)c2ccccc2)cc1. The number of hydrogen-bond acceptors (Lipinski definition) is 3. The largest absolute Gasteiger partial charge is 0.344 e. The molecule has 1 N–H and O–H groups in total. The Morgan fingerprint density at radius 2 is 1.17 bits per heavy atom. The fourth-order valence-corrected chi connectivity index (χ4v) is 5.39. The Morgan fingerprint density at radius 1 is 0.694 bits per heavy atom. The van der Waals surface area contributed by atoms with Crippen molar-refractivity contribution in [3.8, 4) is 0 Å². The lowest BCUT2D eigenvalue weighted by Crippen LogP contribution is -2.42. The minimum absolute atomic E-state index is 0.139. The van der Waals surface area contributed by atoms with Crippen LogP contribution in [0, 0.1) is 20.8 Å². The number of benzene rings is 4. The first-order valence-electron chi connectivity index (χ1n) is 11.8. The lowest BCUT2D eigenvalue weighted by molar-refractivity contribution is -0.120. The molecule has 184 valence electrons. The number of anilines is 1. The highest BCUT2D eigenvalue weighted by atomic mass is 32.2. The Labute approximate surface area is 213 Å². The maximum atomic E-state index is 13.7. The Hall–Kier alpha value is -3.90. The van der Waals surface area contributed by atoms with Crippen LogP contribution in [0.1, 0.15) is 33.9 Å². The second-order valence-electron chi connectivity index (χ2n) is 8.98. The molecule has 0 aromatic heterocycles. The molecular formula is C30H30N2O3S. The summed E-state index contributed by atoms with van der Waals surface area (Å²) in [5.74, 6) is -0.402. The molecule has 0 radical (unpaired) electrons. The molecule has 0 heterocycles. The molecule has 4 aromatic rings. The van der Waals surface area contributed by atoms with Crippen molar-refractivity contribution >= 4 is 21.6 Å². The van der Waals surface area contributed by atoms with Crippen molar-refractivity contribution in [2.75, 3.05) is 10.8 Å². The number of nitrogens with one attached hydrogen (secondary N) is 1. The topological polar surface area (TPSA) is 66.5 Å². The van der Waals surface area contributed by atoms with Crippen LogP contribution in [0.5, 0.6) is 0 Å². The summed E-state index contributed by atoms with van der Waals surface area (Å²) in [7, 11) is -3.98. The van der Waals surface area contributed by atoms with E-state index in [-0.39, 0.29) is 11.4 Å². The third kappa shape index (κ3) is 5.83. The molecule has 0 aliphatic rings. The average molecular weight is 499 g/mol. The van der Waals surface area contributed by atoms with Crippen LogP contribution in [-0.2, 0) is 14.8 Å². The summed E-state index contributed by atoms with van der Waals surface area (Å²) in [6.07, 6.45) is 0. The Kier molecular flexibility index (Phi) is 7.55. The van der Waals surface area contributed by atoms with Gasteiger partial charge in [-0.25, -0.2) is 8.42 Å². The summed E-state index contributed by atoms with van der Waals surface area (Å²) in [4.78, 5) is 13.6. The van der Waals surface area contributed by atoms with Gasteiger partial charge in [-0.2, -0.15) is 0 Å². The number of aryl methyl sites for hydroxylation is 3. The Bertz CT molecular complexity index is 1410. The van der Waals surface area contributed by atoms with Gasteiger partial charge in [0.2, 0.25) is 5.91 Å². The zero-order chi connectivity index (χ0) is 25.7. The number of hydrogen-bond donors (Lipinski definition) is 1. The van der Waals surface area contributed by atoms with Crippen molar-refractivity contribution in [2.45, 2.75) is 31.7 Å². The first-order chi connectivity index (χ1) is 17.2. The first kappa shape index (κ1) is 25.2. The molecule has 0 fully saturated rings. The number of sulfonamides is 1. The molecular weight excluding hydrogens is 468 g/mol. The minimum atomic E-state index is -3.98. The van der Waals surface area contributed by atoms with E-state index in [0.717, 1.165) is 27.8 Å². The first-order valence-corrected chi connectivity index (χ1v) is 13.2. The summed E-state index contributed by atoms with van der Waals surface area (Å²) in [5.41, 5.74) is 5.34. The van der Waals surface area contributed by atoms with E-state index in [1.54, 1.807) is 36.4 Å². The highest BCUT2D eigenvalue weighted by Crippen LogP contribution is 2.26. The summed E-state index contributed by atoms with van der Waals surface area (Å²) < 4.78 is 28.5. The maximum Gasteiger partial charge on any atom is 0.264 e. The third-order valence-electron chi connectivity index (χ3n) is 6.07. The number of rotatable bonds is 8. The van der Waals surface area contributed by atoms with Crippen LogP contribution in [0.15, 0.2) is 108 Å². The second kappa shape index (κ2) is 10.8. The lowest BCUT2D eigenvalue weighted by Gasteiger charge is -2.26. The Morgan fingerprint density at radius 3 is 1.72 bits per heavy atom. The van der Waals surface area contributed by atoms with Gasteiger partial charge >= 0.3 is 0 Å². The Balaban J connectivity index is 1.68. The van der Waals surface area contributed by atoms with E-state index in [0.29, 0.717) is 5.69 Å². The molecule has 6 heteroatoms. The van der Waals surface area contributed by atoms with E-state index in [9.17, 15) is 13.2 Å². The molecule has 4 aromatic carbocycles. The molecule has 0 saturated heterocycles. The monoisotopic (exact) mass is 498 g/mol. The average Bonchev–Trinajstić information content (AvgIpc) is 2.88. The molecule has 1 amide bonds. The van der Waals surface area contributed by atoms with Crippen LogP contribution in [0.4, 0.5) is 5.69 Å². The van der Waals surface area contributed by atoms with Gasteiger partial charge in [0.05, 0.1) is 16.6 Å². The second-order valence-corrected chi connectivity index (χ2v) is 10.8. The van der Waals surface area contributed by atoms with Gasteiger partial charge in [0.25, 0.3) is 10.0 Å². The van der Waals surface area contributed by atoms with E-state index >= 15 is 0 Å². The zero-order valence-electron chi connectivity index (χ0n) is 20.7. The normalized spacial score (nSPS) is 12.1. The van der Waals surface area contributed by atoms with Crippen LogP contribution in [0.2, 0.25) is 0 Å². The molecule has 1 atom stereocenters. The molecule has 0 unspecified atom stereocenters. The quantitative estimate of drug-likeness (QED) is 0.338. The van der Waals surface area contributed by atoms with E-state index < -0.39 is 22.0 Å². The van der Waals surface area contributed by atoms with Crippen molar-refractivity contribution < 1.29 is 13.2 Å². The molecule has 0 aliphatic carbocycles. The summed E-state index contributed by atoms with van der Waals surface area (Å²) in [6.45, 7) is 5.49. The smallest absolute Gasteiger partial charge is 0.264 e. The van der Waals surface area contributed by atoms with Crippen LogP contribution in [0.25, 0.3) is 0 Å². The summed E-state index contributed by atoms with van der Waals surface area (Å²) in [6, 6.07) is 31.0. The molecule has 0 spiro atoms. The van der Waals surface area contributed by atoms with Crippen LogP contribution in [0.3, 0.4) is 0 Å². The molecule has 0 aliphatic heterocycles. The fourth-order valence-electron chi connectivity index (χ4n) is 3.96. The predicted octanol–water partition coefficient (Wildman–Crippen LogP) is 5.71. The van der Waals surface area contributed by atoms with Gasteiger partial charge in [-0.1, -0.05) is 95.6 Å². The standard InChI is InChI=1S/C30H30N2O3S/c1-22-9-15-26(16-10-22)30(25-7-5-4-6-8-25)31-29(33)21-32(27-17-11-23(2)12-18-27)36(34,35)28-19-13-24(3)14-20-28/h4-20,30H,21H2,1-3H3,(H,31,33)/t30-/m0/s1. The molecule has 0 saturated carbocycles. The lowest BCUT2D eigenvalue weighted by atomic mass is 9.98. The van der Waals surface area contributed by atoms with Crippen LogP contribution >= 0.6 is 0 Å². The van der Waals surface area contributed by atoms with Gasteiger partial charge in [0, 0.05) is 0 Å². The summed E-state index contributed by atoms with van der Waals surface area (Å²) in [5, 5.41) is 3.07. The van der Waals surface area contributed by atoms with Crippen molar-refractivity contribution in [3.05, 3.63) is 131 Å². The van der Waals surface area contributed by atoms with Gasteiger partial charge in [0.1, 0.15) is 6.54 Å². The molecule has 4 rings (SSSR count). The summed E-state index contributed by atoms with van der Waals surface area (Å²) >= 11 is 0. The van der Waals surface area contributed by atoms with Crippen molar-refractivity contribution in [1.82, 2.24) is 5.32 Å².